The predicted octanol–water partition coefficient (Wildman–Crippen LogP) is 1.27. The van der Waals surface area contributed by atoms with E-state index >= 15 is 0 Å². The monoisotopic (exact) mass is 177 g/mol. The lowest BCUT2D eigenvalue weighted by atomic mass is 10.3. The number of benzene rings is 1. The van der Waals surface area contributed by atoms with Crippen molar-refractivity contribution in [2.75, 3.05) is 6.61 Å². The molecule has 0 fully saturated rings. The van der Waals surface area contributed by atoms with E-state index in [4.69, 9.17) is 4.84 Å². The van der Waals surface area contributed by atoms with Gasteiger partial charge in [0.15, 0.2) is 0 Å². The fourth-order valence-corrected chi connectivity index (χ4v) is 1.12. The summed E-state index contributed by atoms with van der Waals surface area (Å²) in [6, 6.07) is 7.72. The van der Waals surface area contributed by atoms with Gasteiger partial charge in [0.05, 0.1) is 0 Å². The maximum Gasteiger partial charge on any atom is 0.130 e. The number of nitrogens with zero attached hydrogens (tertiary/aromatic N) is 3. The van der Waals surface area contributed by atoms with Gasteiger partial charge in [0.25, 0.3) is 0 Å². The summed E-state index contributed by atoms with van der Waals surface area (Å²) in [6.45, 7) is 2.71. The van der Waals surface area contributed by atoms with Crippen LogP contribution in [0.4, 0.5) is 0 Å². The standard InChI is InChI=1S/C9H11N3O/c1-2-7-13-12-9-6-4-3-5-8(9)10-11-12/h3-6H,2,7H2,1H3. The summed E-state index contributed by atoms with van der Waals surface area (Å²) in [6.07, 6.45) is 0.966. The Kier molecular flexibility index (Phi) is 2.12. The van der Waals surface area contributed by atoms with Crippen LogP contribution in [0.3, 0.4) is 0 Å². The van der Waals surface area contributed by atoms with E-state index in [1.165, 1.54) is 4.85 Å². The zero-order chi connectivity index (χ0) is 9.10. The molecular weight excluding hydrogens is 166 g/mol. The van der Waals surface area contributed by atoms with Gasteiger partial charge in [0, 0.05) is 0 Å². The van der Waals surface area contributed by atoms with E-state index in [-0.39, 0.29) is 0 Å². The molecule has 2 aromatic rings. The molecule has 1 aromatic heterocycles. The SMILES string of the molecule is CCCOn1nnc2ccccc21. The molecule has 0 bridgehead atoms. The minimum Gasteiger partial charge on any atom is -0.395 e. The van der Waals surface area contributed by atoms with Crippen LogP contribution in [0.5, 0.6) is 0 Å². The summed E-state index contributed by atoms with van der Waals surface area (Å²) in [5.41, 5.74) is 1.77. The summed E-state index contributed by atoms with van der Waals surface area (Å²) in [7, 11) is 0. The number of hydrogen-bond acceptors (Lipinski definition) is 3. The Morgan fingerprint density at radius 1 is 1.38 bits per heavy atom. The maximum atomic E-state index is 5.35. The van der Waals surface area contributed by atoms with Gasteiger partial charge >= 0.3 is 0 Å². The molecule has 0 saturated heterocycles. The molecule has 0 saturated carbocycles. The minimum absolute atomic E-state index is 0.660. The van der Waals surface area contributed by atoms with Crippen LogP contribution in [-0.4, -0.2) is 21.8 Å². The quantitative estimate of drug-likeness (QED) is 0.708. The predicted molar refractivity (Wildman–Crippen MR) is 49.3 cm³/mol. The fraction of sp³-hybridized carbons (Fsp3) is 0.333. The van der Waals surface area contributed by atoms with Gasteiger partial charge in [-0.1, -0.05) is 23.9 Å². The first-order chi connectivity index (χ1) is 6.42. The minimum atomic E-state index is 0.660. The first-order valence-electron chi connectivity index (χ1n) is 4.35. The molecule has 4 nitrogen and oxygen atoms in total. The average Bonchev–Trinajstić information content (AvgIpc) is 2.58. The van der Waals surface area contributed by atoms with Gasteiger partial charge in [-0.2, -0.15) is 0 Å². The van der Waals surface area contributed by atoms with Gasteiger partial charge < -0.3 is 4.84 Å². The first kappa shape index (κ1) is 8.04. The molecule has 68 valence electrons. The van der Waals surface area contributed by atoms with Gasteiger partial charge in [-0.05, 0) is 23.8 Å². The van der Waals surface area contributed by atoms with Crippen molar-refractivity contribution in [1.29, 1.82) is 0 Å². The smallest absolute Gasteiger partial charge is 0.130 e. The van der Waals surface area contributed by atoms with Crippen molar-refractivity contribution in [1.82, 2.24) is 15.2 Å². The molecule has 2 rings (SSSR count). The highest BCUT2D eigenvalue weighted by atomic mass is 16.7. The van der Waals surface area contributed by atoms with Crippen molar-refractivity contribution in [3.8, 4) is 0 Å². The van der Waals surface area contributed by atoms with Gasteiger partial charge in [-0.25, -0.2) is 0 Å². The van der Waals surface area contributed by atoms with Gasteiger partial charge in [-0.15, -0.1) is 5.10 Å². The second-order valence-corrected chi connectivity index (χ2v) is 2.78. The van der Waals surface area contributed by atoms with Gasteiger partial charge in [0.1, 0.15) is 17.6 Å². The highest BCUT2D eigenvalue weighted by molar-refractivity contribution is 5.73. The van der Waals surface area contributed by atoms with Crippen LogP contribution in [0, 0.1) is 0 Å². The number of hydrogen-bond donors (Lipinski definition) is 0. The van der Waals surface area contributed by atoms with Crippen LogP contribution in [0.2, 0.25) is 0 Å². The topological polar surface area (TPSA) is 39.9 Å². The van der Waals surface area contributed by atoms with Crippen molar-refractivity contribution in [3.05, 3.63) is 24.3 Å². The Labute approximate surface area is 76.1 Å². The summed E-state index contributed by atoms with van der Waals surface area (Å²) in [4.78, 5) is 6.82. The number of para-hydroxylation sites is 1. The summed E-state index contributed by atoms with van der Waals surface area (Å²) < 4.78 is 0. The van der Waals surface area contributed by atoms with Crippen LogP contribution in [0.15, 0.2) is 24.3 Å². The summed E-state index contributed by atoms with van der Waals surface area (Å²) in [5, 5.41) is 7.84. The maximum absolute atomic E-state index is 5.35. The van der Waals surface area contributed by atoms with E-state index in [9.17, 15) is 0 Å². The molecule has 0 unspecified atom stereocenters. The molecular formula is C9H11N3O. The van der Waals surface area contributed by atoms with E-state index in [1.807, 2.05) is 24.3 Å². The van der Waals surface area contributed by atoms with Crippen LogP contribution in [0.1, 0.15) is 13.3 Å². The lowest BCUT2D eigenvalue weighted by molar-refractivity contribution is 0.0879. The van der Waals surface area contributed by atoms with Crippen LogP contribution in [-0.2, 0) is 0 Å². The molecule has 4 heteroatoms. The highest BCUT2D eigenvalue weighted by Gasteiger charge is 2.02. The Morgan fingerprint density at radius 3 is 3.08 bits per heavy atom. The van der Waals surface area contributed by atoms with E-state index in [2.05, 4.69) is 17.2 Å². The number of rotatable bonds is 3. The van der Waals surface area contributed by atoms with E-state index in [0.717, 1.165) is 17.5 Å². The van der Waals surface area contributed by atoms with E-state index < -0.39 is 0 Å². The third-order valence-electron chi connectivity index (χ3n) is 1.74. The van der Waals surface area contributed by atoms with Crippen molar-refractivity contribution in [3.63, 3.8) is 0 Å². The highest BCUT2D eigenvalue weighted by Crippen LogP contribution is 2.07. The van der Waals surface area contributed by atoms with Crippen molar-refractivity contribution < 1.29 is 4.84 Å². The second-order valence-electron chi connectivity index (χ2n) is 2.78. The zero-order valence-electron chi connectivity index (χ0n) is 7.47. The van der Waals surface area contributed by atoms with Crippen LogP contribution >= 0.6 is 0 Å². The Morgan fingerprint density at radius 2 is 2.23 bits per heavy atom. The second kappa shape index (κ2) is 3.43. The number of fused-ring (bicyclic) bond motifs is 1. The number of aromatic nitrogens is 3. The first-order valence-corrected chi connectivity index (χ1v) is 4.35. The Bertz CT molecular complexity index is 396. The third-order valence-corrected chi connectivity index (χ3v) is 1.74. The van der Waals surface area contributed by atoms with Crippen LogP contribution in [0.25, 0.3) is 11.0 Å². The molecule has 0 aliphatic carbocycles. The average molecular weight is 177 g/mol. The van der Waals surface area contributed by atoms with Crippen LogP contribution < -0.4 is 4.84 Å². The molecule has 0 radical (unpaired) electrons. The van der Waals surface area contributed by atoms with Crippen molar-refractivity contribution in [2.45, 2.75) is 13.3 Å². The largest absolute Gasteiger partial charge is 0.395 e. The third kappa shape index (κ3) is 1.47. The molecule has 1 aromatic carbocycles. The Balaban J connectivity index is 2.35. The van der Waals surface area contributed by atoms with Gasteiger partial charge in [0.2, 0.25) is 0 Å². The lowest BCUT2D eigenvalue weighted by Crippen LogP contribution is -2.13. The van der Waals surface area contributed by atoms with Gasteiger partial charge in [-0.3, -0.25) is 0 Å². The molecule has 0 aliphatic rings. The summed E-state index contributed by atoms with van der Waals surface area (Å²) >= 11 is 0. The zero-order valence-corrected chi connectivity index (χ0v) is 7.47. The van der Waals surface area contributed by atoms with Crippen molar-refractivity contribution >= 4 is 11.0 Å². The van der Waals surface area contributed by atoms with E-state index in [1.54, 1.807) is 0 Å². The molecule has 0 aliphatic heterocycles. The normalized spacial score (nSPS) is 10.5. The Hall–Kier alpha value is -1.58. The fourth-order valence-electron chi connectivity index (χ4n) is 1.12. The summed E-state index contributed by atoms with van der Waals surface area (Å²) in [5.74, 6) is 0. The van der Waals surface area contributed by atoms with E-state index in [0.29, 0.717) is 6.61 Å². The molecule has 1 heterocycles. The molecule has 0 spiro atoms. The lowest BCUT2D eigenvalue weighted by Gasteiger charge is -2.01. The van der Waals surface area contributed by atoms with Crippen molar-refractivity contribution in [2.24, 2.45) is 0 Å². The molecule has 0 amide bonds. The molecule has 0 N–H and O–H groups in total. The molecule has 0 atom stereocenters. The molecule has 13 heavy (non-hydrogen) atoms.